The van der Waals surface area contributed by atoms with E-state index in [-0.39, 0.29) is 0 Å². The lowest BCUT2D eigenvalue weighted by Gasteiger charge is -2.25. The molecule has 0 fully saturated rings. The third-order valence-electron chi connectivity index (χ3n) is 2.50. The highest BCUT2D eigenvalue weighted by molar-refractivity contribution is 6.60. The van der Waals surface area contributed by atoms with Gasteiger partial charge in [-0.2, -0.15) is 0 Å². The van der Waals surface area contributed by atoms with Crippen LogP contribution in [0.4, 0.5) is 0 Å². The molecule has 0 aromatic heterocycles. The van der Waals surface area contributed by atoms with Crippen molar-refractivity contribution in [3.05, 3.63) is 12.2 Å². The average Bonchev–Trinajstić information content (AvgIpc) is 2.24. The third-order valence-corrected chi connectivity index (χ3v) is 5.33. The second-order valence-electron chi connectivity index (χ2n) is 4.09. The number of likely N-dealkylation sites (N-methyl/N-ethyl adjacent to an activating group) is 1. The quantitative estimate of drug-likeness (QED) is 0.459. The average molecular weight is 247 g/mol. The summed E-state index contributed by atoms with van der Waals surface area (Å²) < 4.78 is 16.1. The molecule has 5 heteroatoms. The summed E-state index contributed by atoms with van der Waals surface area (Å²) in [5.74, 6) is 0. The highest BCUT2D eigenvalue weighted by atomic mass is 28.4. The minimum atomic E-state index is -2.37. The summed E-state index contributed by atoms with van der Waals surface area (Å²) in [7, 11) is 4.66. The molecule has 0 rings (SSSR count). The molecule has 0 saturated heterocycles. The van der Waals surface area contributed by atoms with E-state index in [1.807, 2.05) is 6.92 Å². The predicted octanol–water partition coefficient (Wildman–Crippen LogP) is 1.76. The molecule has 0 unspecified atom stereocenters. The molecule has 0 saturated carbocycles. The molecule has 0 aromatic carbocycles. The van der Waals surface area contributed by atoms with Gasteiger partial charge in [0.15, 0.2) is 0 Å². The number of rotatable bonds is 9. The zero-order chi connectivity index (χ0) is 12.6. The van der Waals surface area contributed by atoms with Gasteiger partial charge >= 0.3 is 8.80 Å². The van der Waals surface area contributed by atoms with Gasteiger partial charge in [0.2, 0.25) is 0 Å². The summed E-state index contributed by atoms with van der Waals surface area (Å²) in [6, 6.07) is 0.844. The minimum Gasteiger partial charge on any atom is -0.377 e. The van der Waals surface area contributed by atoms with Crippen molar-refractivity contribution in [1.29, 1.82) is 0 Å². The Labute approximate surface area is 101 Å². The monoisotopic (exact) mass is 247 g/mol. The number of nitrogens with zero attached hydrogens (tertiary/aromatic N) is 1. The van der Waals surface area contributed by atoms with Crippen LogP contribution >= 0.6 is 0 Å². The molecule has 0 atom stereocenters. The van der Waals surface area contributed by atoms with Crippen LogP contribution in [0, 0.1) is 0 Å². The highest BCUT2D eigenvalue weighted by Crippen LogP contribution is 2.15. The molecular weight excluding hydrogens is 222 g/mol. The second-order valence-corrected chi connectivity index (χ2v) is 7.18. The molecule has 0 aliphatic heterocycles. The smallest absolute Gasteiger partial charge is 0.377 e. The Morgan fingerprint density at radius 2 is 1.69 bits per heavy atom. The summed E-state index contributed by atoms with van der Waals surface area (Å²) in [6.07, 6.45) is 1.01. The van der Waals surface area contributed by atoms with E-state index in [4.69, 9.17) is 13.3 Å². The van der Waals surface area contributed by atoms with Crippen LogP contribution in [0.25, 0.3) is 0 Å². The topological polar surface area (TPSA) is 30.9 Å². The van der Waals surface area contributed by atoms with Crippen molar-refractivity contribution >= 4 is 8.80 Å². The zero-order valence-corrected chi connectivity index (χ0v) is 12.2. The summed E-state index contributed by atoms with van der Waals surface area (Å²) in [5.41, 5.74) is 1.18. The summed E-state index contributed by atoms with van der Waals surface area (Å²) >= 11 is 0. The van der Waals surface area contributed by atoms with Gasteiger partial charge in [0.25, 0.3) is 0 Å². The highest BCUT2D eigenvalue weighted by Gasteiger charge is 2.36. The normalized spacial score (nSPS) is 12.1. The molecule has 96 valence electrons. The van der Waals surface area contributed by atoms with E-state index in [0.717, 1.165) is 25.6 Å². The van der Waals surface area contributed by atoms with Crippen molar-refractivity contribution in [2.45, 2.75) is 19.4 Å². The van der Waals surface area contributed by atoms with Gasteiger partial charge < -0.3 is 18.2 Å². The van der Waals surface area contributed by atoms with E-state index in [2.05, 4.69) is 18.5 Å². The van der Waals surface area contributed by atoms with Crippen molar-refractivity contribution in [1.82, 2.24) is 4.90 Å². The van der Waals surface area contributed by atoms with E-state index in [0.29, 0.717) is 0 Å². The first-order valence-electron chi connectivity index (χ1n) is 5.48. The summed E-state index contributed by atoms with van der Waals surface area (Å²) in [4.78, 5) is 2.24. The molecule has 0 aliphatic carbocycles. The van der Waals surface area contributed by atoms with Crippen LogP contribution in [0.2, 0.25) is 6.04 Å². The van der Waals surface area contributed by atoms with Gasteiger partial charge in [0.1, 0.15) is 0 Å². The Hall–Kier alpha value is -0.203. The van der Waals surface area contributed by atoms with Gasteiger partial charge in [-0.25, -0.2) is 0 Å². The molecule has 4 nitrogen and oxygen atoms in total. The largest absolute Gasteiger partial charge is 0.500 e. The lowest BCUT2D eigenvalue weighted by atomic mass is 10.3. The standard InChI is InChI=1S/C11H25NO3Si/c1-11(2)10-12(3)8-7-9-16(13-4,14-5)15-6/h1,7-10H2,2-6H3. The van der Waals surface area contributed by atoms with Gasteiger partial charge in [-0.3, -0.25) is 0 Å². The Morgan fingerprint density at radius 3 is 2.06 bits per heavy atom. The number of hydrogen-bond acceptors (Lipinski definition) is 4. The van der Waals surface area contributed by atoms with Gasteiger partial charge in [0, 0.05) is 33.9 Å². The Kier molecular flexibility index (Phi) is 7.87. The summed E-state index contributed by atoms with van der Waals surface area (Å²) in [5, 5.41) is 0. The van der Waals surface area contributed by atoms with Crippen molar-refractivity contribution in [2.75, 3.05) is 41.5 Å². The van der Waals surface area contributed by atoms with Gasteiger partial charge in [0.05, 0.1) is 0 Å². The molecule has 0 radical (unpaired) electrons. The first-order chi connectivity index (χ1) is 7.49. The van der Waals surface area contributed by atoms with Crippen LogP contribution in [0.5, 0.6) is 0 Å². The van der Waals surface area contributed by atoms with Gasteiger partial charge in [-0.05, 0) is 26.9 Å². The van der Waals surface area contributed by atoms with E-state index >= 15 is 0 Å². The van der Waals surface area contributed by atoms with Gasteiger partial charge in [-0.1, -0.05) is 12.2 Å². The molecule has 0 aliphatic rings. The molecule has 16 heavy (non-hydrogen) atoms. The molecule has 0 N–H and O–H groups in total. The van der Waals surface area contributed by atoms with Crippen LogP contribution in [0.1, 0.15) is 13.3 Å². The SMILES string of the molecule is C=C(C)CN(C)CCC[Si](OC)(OC)OC. The van der Waals surface area contributed by atoms with Crippen LogP contribution in [0.15, 0.2) is 12.2 Å². The van der Waals surface area contributed by atoms with E-state index in [1.165, 1.54) is 5.57 Å². The molecule has 0 aromatic rings. The molecule has 0 amide bonds. The fourth-order valence-electron chi connectivity index (χ4n) is 1.66. The molecular formula is C11H25NO3Si. The van der Waals surface area contributed by atoms with Crippen molar-refractivity contribution < 1.29 is 13.3 Å². The van der Waals surface area contributed by atoms with Gasteiger partial charge in [-0.15, -0.1) is 0 Å². The number of hydrogen-bond donors (Lipinski definition) is 0. The maximum atomic E-state index is 5.36. The fourth-order valence-corrected chi connectivity index (χ4v) is 3.37. The lowest BCUT2D eigenvalue weighted by Crippen LogP contribution is -2.43. The van der Waals surface area contributed by atoms with Crippen LogP contribution in [0.3, 0.4) is 0 Å². The fraction of sp³-hybridized carbons (Fsp3) is 0.818. The lowest BCUT2D eigenvalue weighted by molar-refractivity contribution is 0.122. The first kappa shape index (κ1) is 15.8. The minimum absolute atomic E-state index is 0.844. The summed E-state index contributed by atoms with van der Waals surface area (Å²) in [6.45, 7) is 7.86. The maximum absolute atomic E-state index is 5.36. The molecule has 0 heterocycles. The zero-order valence-electron chi connectivity index (χ0n) is 11.2. The van der Waals surface area contributed by atoms with Crippen molar-refractivity contribution in [3.8, 4) is 0 Å². The van der Waals surface area contributed by atoms with E-state index in [1.54, 1.807) is 21.3 Å². The van der Waals surface area contributed by atoms with Crippen molar-refractivity contribution in [3.63, 3.8) is 0 Å². The predicted molar refractivity (Wildman–Crippen MR) is 68.5 cm³/mol. The van der Waals surface area contributed by atoms with E-state index < -0.39 is 8.80 Å². The second kappa shape index (κ2) is 7.97. The van der Waals surface area contributed by atoms with Crippen LogP contribution in [-0.4, -0.2) is 55.2 Å². The van der Waals surface area contributed by atoms with E-state index in [9.17, 15) is 0 Å². The molecule has 0 spiro atoms. The van der Waals surface area contributed by atoms with Crippen LogP contribution < -0.4 is 0 Å². The Bertz CT molecular complexity index is 199. The third kappa shape index (κ3) is 5.76. The Morgan fingerprint density at radius 1 is 1.19 bits per heavy atom. The first-order valence-corrected chi connectivity index (χ1v) is 7.41. The Balaban J connectivity index is 3.90. The molecule has 0 bridgehead atoms. The van der Waals surface area contributed by atoms with Crippen molar-refractivity contribution in [2.24, 2.45) is 0 Å². The maximum Gasteiger partial charge on any atom is 0.500 e. The van der Waals surface area contributed by atoms with Crippen LogP contribution in [-0.2, 0) is 13.3 Å².